The molecule has 0 saturated heterocycles. The van der Waals surface area contributed by atoms with E-state index >= 15 is 0 Å². The van der Waals surface area contributed by atoms with Crippen LogP contribution in [-0.4, -0.2) is 0 Å². The van der Waals surface area contributed by atoms with Crippen molar-refractivity contribution in [2.75, 3.05) is 0 Å². The van der Waals surface area contributed by atoms with Crippen LogP contribution in [0, 0.1) is 18.8 Å². The third kappa shape index (κ3) is 1.66. The van der Waals surface area contributed by atoms with Gasteiger partial charge in [0.05, 0.1) is 0 Å². The summed E-state index contributed by atoms with van der Waals surface area (Å²) >= 11 is 0. The Labute approximate surface area is 70.7 Å². The fraction of sp³-hybridized carbons (Fsp3) is 0.727. The lowest BCUT2D eigenvalue weighted by Gasteiger charge is -2.29. The molecule has 0 saturated carbocycles. The van der Waals surface area contributed by atoms with Crippen LogP contribution in [-0.2, 0) is 0 Å². The average molecular weight is 151 g/mol. The van der Waals surface area contributed by atoms with Crippen LogP contribution in [0.2, 0.25) is 0 Å². The summed E-state index contributed by atoms with van der Waals surface area (Å²) in [5.41, 5.74) is 3.22. The molecule has 2 atom stereocenters. The molecule has 0 heteroatoms. The molecule has 1 aliphatic carbocycles. The standard InChI is InChI=1S/C11H19/c1-5-11-9(3)7-6-8(2)10(11)4/h8,10H,1,5-7H2,2-4H3. The first-order valence-electron chi connectivity index (χ1n) is 4.64. The first-order valence-corrected chi connectivity index (χ1v) is 4.64. The Morgan fingerprint density at radius 1 is 1.45 bits per heavy atom. The summed E-state index contributed by atoms with van der Waals surface area (Å²) in [4.78, 5) is 0. The van der Waals surface area contributed by atoms with Crippen molar-refractivity contribution < 1.29 is 0 Å². The quantitative estimate of drug-likeness (QED) is 0.502. The highest BCUT2D eigenvalue weighted by Crippen LogP contribution is 2.35. The lowest BCUT2D eigenvalue weighted by molar-refractivity contribution is 0.378. The third-order valence-corrected chi connectivity index (χ3v) is 3.20. The Balaban J connectivity index is 2.80. The molecule has 0 nitrogen and oxygen atoms in total. The predicted molar refractivity (Wildman–Crippen MR) is 50.2 cm³/mol. The van der Waals surface area contributed by atoms with Gasteiger partial charge < -0.3 is 0 Å². The molecule has 11 heavy (non-hydrogen) atoms. The van der Waals surface area contributed by atoms with Gasteiger partial charge in [-0.3, -0.25) is 0 Å². The minimum atomic E-state index is 0.779. The van der Waals surface area contributed by atoms with Gasteiger partial charge in [0, 0.05) is 0 Å². The molecule has 0 aromatic heterocycles. The van der Waals surface area contributed by atoms with Gasteiger partial charge in [0.25, 0.3) is 0 Å². The molecule has 0 aromatic rings. The van der Waals surface area contributed by atoms with E-state index < -0.39 is 0 Å². The monoisotopic (exact) mass is 151 g/mol. The van der Waals surface area contributed by atoms with Gasteiger partial charge in [0.1, 0.15) is 0 Å². The van der Waals surface area contributed by atoms with Crippen molar-refractivity contribution in [3.8, 4) is 0 Å². The Morgan fingerprint density at radius 2 is 2.09 bits per heavy atom. The molecule has 0 aromatic carbocycles. The highest BCUT2D eigenvalue weighted by Gasteiger charge is 2.21. The van der Waals surface area contributed by atoms with E-state index in [1.807, 2.05) is 0 Å². The van der Waals surface area contributed by atoms with Gasteiger partial charge in [-0.1, -0.05) is 25.0 Å². The van der Waals surface area contributed by atoms with Gasteiger partial charge in [-0.15, -0.1) is 0 Å². The minimum Gasteiger partial charge on any atom is -0.0738 e. The van der Waals surface area contributed by atoms with Gasteiger partial charge in [0.2, 0.25) is 0 Å². The van der Waals surface area contributed by atoms with Gasteiger partial charge in [-0.05, 0) is 44.9 Å². The smallest absolute Gasteiger partial charge is 0.0203 e. The topological polar surface area (TPSA) is 0 Å². The average Bonchev–Trinajstić information content (AvgIpc) is 1.99. The summed E-state index contributed by atoms with van der Waals surface area (Å²) < 4.78 is 0. The van der Waals surface area contributed by atoms with Crippen LogP contribution in [0.3, 0.4) is 0 Å². The van der Waals surface area contributed by atoms with Gasteiger partial charge in [-0.25, -0.2) is 0 Å². The first-order chi connectivity index (χ1) is 5.16. The molecule has 0 aliphatic heterocycles. The van der Waals surface area contributed by atoms with Crippen LogP contribution in [0.1, 0.15) is 40.0 Å². The summed E-state index contributed by atoms with van der Waals surface area (Å²) in [6, 6.07) is 0. The molecule has 0 spiro atoms. The van der Waals surface area contributed by atoms with Crippen molar-refractivity contribution >= 4 is 0 Å². The highest BCUT2D eigenvalue weighted by molar-refractivity contribution is 5.19. The molecule has 2 unspecified atom stereocenters. The van der Waals surface area contributed by atoms with Gasteiger partial charge in [-0.2, -0.15) is 0 Å². The van der Waals surface area contributed by atoms with Crippen LogP contribution in [0.5, 0.6) is 0 Å². The molecule has 0 amide bonds. The van der Waals surface area contributed by atoms with E-state index in [9.17, 15) is 0 Å². The molecule has 0 N–H and O–H groups in total. The molecule has 63 valence electrons. The van der Waals surface area contributed by atoms with Crippen molar-refractivity contribution in [1.29, 1.82) is 0 Å². The van der Waals surface area contributed by atoms with E-state index in [0.29, 0.717) is 0 Å². The number of hydrogen-bond acceptors (Lipinski definition) is 0. The van der Waals surface area contributed by atoms with Crippen LogP contribution in [0.25, 0.3) is 0 Å². The van der Waals surface area contributed by atoms with Crippen molar-refractivity contribution in [3.63, 3.8) is 0 Å². The fourth-order valence-electron chi connectivity index (χ4n) is 2.03. The maximum Gasteiger partial charge on any atom is -0.0203 e. The summed E-state index contributed by atoms with van der Waals surface area (Å²) in [5.74, 6) is 1.65. The molecule has 1 radical (unpaired) electrons. The SMILES string of the molecule is [CH2]CC1=C(C)CCC(C)C1C. The van der Waals surface area contributed by atoms with E-state index in [-0.39, 0.29) is 0 Å². The second kappa shape index (κ2) is 3.42. The van der Waals surface area contributed by atoms with E-state index in [0.717, 1.165) is 18.3 Å². The largest absolute Gasteiger partial charge is 0.0738 e. The van der Waals surface area contributed by atoms with Crippen LogP contribution < -0.4 is 0 Å². The van der Waals surface area contributed by atoms with Crippen LogP contribution >= 0.6 is 0 Å². The first kappa shape index (κ1) is 8.83. The summed E-state index contributed by atoms with van der Waals surface area (Å²) in [6.45, 7) is 10.9. The van der Waals surface area contributed by atoms with E-state index in [4.69, 9.17) is 0 Å². The zero-order valence-corrected chi connectivity index (χ0v) is 7.98. The van der Waals surface area contributed by atoms with Crippen molar-refractivity contribution in [3.05, 3.63) is 18.1 Å². The Bertz CT molecular complexity index is 165. The van der Waals surface area contributed by atoms with Gasteiger partial charge in [0.15, 0.2) is 0 Å². The molecule has 1 aliphatic rings. The van der Waals surface area contributed by atoms with Crippen LogP contribution in [0.15, 0.2) is 11.1 Å². The second-order valence-corrected chi connectivity index (χ2v) is 3.86. The molecule has 1 rings (SSSR count). The van der Waals surface area contributed by atoms with Gasteiger partial charge >= 0.3 is 0 Å². The Kier molecular flexibility index (Phi) is 2.75. The molecular formula is C11H19. The molecule has 0 heterocycles. The molecule has 0 fully saturated rings. The Hall–Kier alpha value is -0.260. The van der Waals surface area contributed by atoms with Crippen molar-refractivity contribution in [2.45, 2.75) is 40.0 Å². The fourth-order valence-corrected chi connectivity index (χ4v) is 2.03. The zero-order valence-electron chi connectivity index (χ0n) is 7.98. The van der Waals surface area contributed by atoms with E-state index in [2.05, 4.69) is 27.7 Å². The maximum atomic E-state index is 3.99. The summed E-state index contributed by atoms with van der Waals surface area (Å²) in [7, 11) is 0. The third-order valence-electron chi connectivity index (χ3n) is 3.20. The van der Waals surface area contributed by atoms with Crippen molar-refractivity contribution in [1.82, 2.24) is 0 Å². The zero-order chi connectivity index (χ0) is 8.43. The second-order valence-electron chi connectivity index (χ2n) is 3.86. The summed E-state index contributed by atoms with van der Waals surface area (Å²) in [5, 5.41) is 0. The number of allylic oxidation sites excluding steroid dienone is 2. The highest BCUT2D eigenvalue weighted by atomic mass is 14.3. The number of hydrogen-bond donors (Lipinski definition) is 0. The van der Waals surface area contributed by atoms with E-state index in [1.165, 1.54) is 12.8 Å². The summed E-state index contributed by atoms with van der Waals surface area (Å²) in [6.07, 6.45) is 3.68. The Morgan fingerprint density at radius 3 is 2.55 bits per heavy atom. The van der Waals surface area contributed by atoms with Crippen molar-refractivity contribution in [2.24, 2.45) is 11.8 Å². The molecule has 0 bridgehead atoms. The number of rotatable bonds is 1. The molecular weight excluding hydrogens is 132 g/mol. The van der Waals surface area contributed by atoms with E-state index in [1.54, 1.807) is 11.1 Å². The lowest BCUT2D eigenvalue weighted by atomic mass is 9.76. The normalized spacial score (nSPS) is 32.7. The minimum absolute atomic E-state index is 0.779. The predicted octanol–water partition coefficient (Wildman–Crippen LogP) is 3.59. The van der Waals surface area contributed by atoms with Crippen LogP contribution in [0.4, 0.5) is 0 Å². The maximum absolute atomic E-state index is 3.99. The lowest BCUT2D eigenvalue weighted by Crippen LogP contribution is -2.16.